The van der Waals surface area contributed by atoms with Gasteiger partial charge in [0.05, 0.1) is 13.2 Å². The van der Waals surface area contributed by atoms with Gasteiger partial charge in [0.2, 0.25) is 0 Å². The zero-order chi connectivity index (χ0) is 20.5. The van der Waals surface area contributed by atoms with Gasteiger partial charge in [-0.15, -0.1) is 0 Å². The summed E-state index contributed by atoms with van der Waals surface area (Å²) >= 11 is 0. The Labute approximate surface area is 167 Å². The van der Waals surface area contributed by atoms with Gasteiger partial charge in [-0.05, 0) is 35.7 Å². The topological polar surface area (TPSA) is 92.0 Å². The highest BCUT2D eigenvalue weighted by Gasteiger charge is 2.20. The van der Waals surface area contributed by atoms with Crippen molar-refractivity contribution < 1.29 is 19.1 Å². The molecule has 0 fully saturated rings. The number of rotatable bonds is 5. The molecule has 0 saturated heterocycles. The summed E-state index contributed by atoms with van der Waals surface area (Å²) in [6.07, 6.45) is 0.0584. The lowest BCUT2D eigenvalue weighted by Crippen LogP contribution is -2.31. The van der Waals surface area contributed by atoms with Crippen molar-refractivity contribution in [2.75, 3.05) is 32.1 Å². The number of anilines is 1. The Morgan fingerprint density at radius 1 is 1.31 bits per heavy atom. The van der Waals surface area contributed by atoms with E-state index in [0.717, 1.165) is 24.2 Å². The van der Waals surface area contributed by atoms with Crippen molar-refractivity contribution in [3.8, 4) is 5.75 Å². The summed E-state index contributed by atoms with van der Waals surface area (Å²) < 4.78 is 10.5. The molecule has 7 nitrogen and oxygen atoms in total. The van der Waals surface area contributed by atoms with Crippen LogP contribution < -0.4 is 20.6 Å². The largest absolute Gasteiger partial charge is 0.493 e. The number of aliphatic hydroxyl groups is 1. The molecule has 150 valence electrons. The Bertz CT molecular complexity index is 1140. The quantitative estimate of drug-likeness (QED) is 0.645. The highest BCUT2D eigenvalue weighted by molar-refractivity contribution is 5.97. The van der Waals surface area contributed by atoms with Gasteiger partial charge in [0, 0.05) is 31.2 Å². The third-order valence-corrected chi connectivity index (χ3v) is 5.26. The lowest BCUT2D eigenvalue weighted by molar-refractivity contribution is 0.0912. The van der Waals surface area contributed by atoms with E-state index in [4.69, 9.17) is 9.15 Å². The van der Waals surface area contributed by atoms with Gasteiger partial charge in [-0.25, -0.2) is 4.79 Å². The van der Waals surface area contributed by atoms with E-state index < -0.39 is 17.6 Å². The number of ether oxygens (including phenoxy) is 1. The molecule has 1 amide bonds. The van der Waals surface area contributed by atoms with Crippen LogP contribution in [-0.4, -0.2) is 38.3 Å². The van der Waals surface area contributed by atoms with E-state index in [1.807, 2.05) is 25.2 Å². The number of nitrogens with one attached hydrogen (secondary N) is 1. The summed E-state index contributed by atoms with van der Waals surface area (Å²) in [4.78, 5) is 26.9. The van der Waals surface area contributed by atoms with E-state index in [1.165, 1.54) is 18.7 Å². The zero-order valence-corrected chi connectivity index (χ0v) is 16.3. The molecule has 1 atom stereocenters. The van der Waals surface area contributed by atoms with Crippen molar-refractivity contribution in [1.29, 1.82) is 0 Å². The van der Waals surface area contributed by atoms with E-state index in [1.54, 1.807) is 18.2 Å². The second kappa shape index (κ2) is 7.60. The SMILES string of the molecule is COc1cccc2cc(C(=O)NCC(O)c3ccc4c(c3)CCN4C)c(=O)oc12. The number of nitrogens with zero attached hydrogens (tertiary/aromatic N) is 1. The predicted octanol–water partition coefficient (Wildman–Crippen LogP) is 2.26. The van der Waals surface area contributed by atoms with Crippen LogP contribution in [0.25, 0.3) is 11.0 Å². The minimum absolute atomic E-state index is 0.0109. The van der Waals surface area contributed by atoms with Gasteiger partial charge in [-0.2, -0.15) is 0 Å². The molecule has 4 rings (SSSR count). The molecule has 0 saturated carbocycles. The minimum Gasteiger partial charge on any atom is -0.493 e. The number of carbonyl (C=O) groups is 1. The fraction of sp³-hybridized carbons (Fsp3) is 0.273. The van der Waals surface area contributed by atoms with Crippen LogP contribution in [0.1, 0.15) is 27.6 Å². The smallest absolute Gasteiger partial charge is 0.349 e. The van der Waals surface area contributed by atoms with Crippen molar-refractivity contribution >= 4 is 22.6 Å². The molecule has 3 aromatic rings. The summed E-state index contributed by atoms with van der Waals surface area (Å²) in [5.74, 6) is -0.173. The number of fused-ring (bicyclic) bond motifs is 2. The average molecular weight is 394 g/mol. The number of likely N-dealkylation sites (N-methyl/N-ethyl adjacent to an activating group) is 1. The van der Waals surface area contributed by atoms with Crippen molar-refractivity contribution in [2.24, 2.45) is 0 Å². The number of aliphatic hydroxyl groups excluding tert-OH is 1. The van der Waals surface area contributed by atoms with Gasteiger partial charge >= 0.3 is 5.63 Å². The minimum atomic E-state index is -0.872. The van der Waals surface area contributed by atoms with Crippen LogP contribution in [0.3, 0.4) is 0 Å². The zero-order valence-electron chi connectivity index (χ0n) is 16.3. The van der Waals surface area contributed by atoms with E-state index in [-0.39, 0.29) is 12.1 Å². The molecule has 29 heavy (non-hydrogen) atoms. The summed E-state index contributed by atoms with van der Waals surface area (Å²) in [6, 6.07) is 12.4. The van der Waals surface area contributed by atoms with Crippen LogP contribution in [0.5, 0.6) is 5.75 Å². The second-order valence-electron chi connectivity index (χ2n) is 7.11. The van der Waals surface area contributed by atoms with Crippen LogP contribution in [0.15, 0.2) is 51.7 Å². The monoisotopic (exact) mass is 394 g/mol. The molecular weight excluding hydrogens is 372 g/mol. The summed E-state index contributed by atoms with van der Waals surface area (Å²) in [5.41, 5.74) is 2.49. The number of para-hydroxylation sites is 1. The first-order valence-corrected chi connectivity index (χ1v) is 9.39. The van der Waals surface area contributed by atoms with Gasteiger partial charge in [0.1, 0.15) is 5.56 Å². The lowest BCUT2D eigenvalue weighted by atomic mass is 10.0. The molecule has 1 aliphatic rings. The lowest BCUT2D eigenvalue weighted by Gasteiger charge is -2.15. The first-order chi connectivity index (χ1) is 14.0. The fourth-order valence-electron chi connectivity index (χ4n) is 3.63. The number of carbonyl (C=O) groups excluding carboxylic acids is 1. The van der Waals surface area contributed by atoms with Crippen LogP contribution >= 0.6 is 0 Å². The first kappa shape index (κ1) is 19.0. The molecule has 2 heterocycles. The van der Waals surface area contributed by atoms with Gasteiger partial charge in [0.25, 0.3) is 5.91 Å². The number of benzene rings is 2. The molecule has 7 heteroatoms. The van der Waals surface area contributed by atoms with Crippen LogP contribution in [0, 0.1) is 0 Å². The van der Waals surface area contributed by atoms with Crippen LogP contribution in [0.4, 0.5) is 5.69 Å². The molecule has 2 aromatic carbocycles. The van der Waals surface area contributed by atoms with Crippen LogP contribution in [0.2, 0.25) is 0 Å². The van der Waals surface area contributed by atoms with Crippen molar-refractivity contribution in [3.63, 3.8) is 0 Å². The molecule has 0 bridgehead atoms. The van der Waals surface area contributed by atoms with Crippen molar-refractivity contribution in [1.82, 2.24) is 5.32 Å². The second-order valence-corrected chi connectivity index (χ2v) is 7.11. The molecule has 0 aliphatic carbocycles. The van der Waals surface area contributed by atoms with Gasteiger partial charge in [-0.1, -0.05) is 24.3 Å². The van der Waals surface area contributed by atoms with Crippen LogP contribution in [-0.2, 0) is 6.42 Å². The fourth-order valence-corrected chi connectivity index (χ4v) is 3.63. The predicted molar refractivity (Wildman–Crippen MR) is 110 cm³/mol. The third kappa shape index (κ3) is 3.56. The van der Waals surface area contributed by atoms with Gasteiger partial charge in [-0.3, -0.25) is 4.79 Å². The van der Waals surface area contributed by atoms with Gasteiger partial charge < -0.3 is 24.5 Å². The highest BCUT2D eigenvalue weighted by Crippen LogP contribution is 2.29. The van der Waals surface area contributed by atoms with E-state index >= 15 is 0 Å². The standard InChI is InChI=1S/C22H22N2O5/c1-24-9-8-13-10-14(6-7-17(13)24)18(25)12-23-21(26)16-11-15-4-3-5-19(28-2)20(15)29-22(16)27/h3-7,10-11,18,25H,8-9,12H2,1-2H3,(H,23,26). The van der Waals surface area contributed by atoms with E-state index in [9.17, 15) is 14.7 Å². The maximum Gasteiger partial charge on any atom is 0.349 e. The molecular formula is C22H22N2O5. The molecule has 0 spiro atoms. The van der Waals surface area contributed by atoms with Crippen molar-refractivity contribution in [2.45, 2.75) is 12.5 Å². The summed E-state index contributed by atoms with van der Waals surface area (Å²) in [5, 5.41) is 13.7. The molecule has 1 unspecified atom stereocenters. The Balaban J connectivity index is 1.50. The molecule has 2 N–H and O–H groups in total. The van der Waals surface area contributed by atoms with E-state index in [2.05, 4.69) is 10.2 Å². The summed E-state index contributed by atoms with van der Waals surface area (Å²) in [6.45, 7) is 0.942. The third-order valence-electron chi connectivity index (χ3n) is 5.26. The Morgan fingerprint density at radius 2 is 2.14 bits per heavy atom. The number of methoxy groups -OCH3 is 1. The van der Waals surface area contributed by atoms with E-state index in [0.29, 0.717) is 16.7 Å². The summed E-state index contributed by atoms with van der Waals surface area (Å²) in [7, 11) is 3.51. The molecule has 1 aliphatic heterocycles. The highest BCUT2D eigenvalue weighted by atomic mass is 16.5. The number of hydrogen-bond acceptors (Lipinski definition) is 6. The Hall–Kier alpha value is -3.32. The number of amides is 1. The first-order valence-electron chi connectivity index (χ1n) is 9.39. The normalized spacial score (nSPS) is 14.0. The number of hydrogen-bond donors (Lipinski definition) is 2. The molecule has 1 aromatic heterocycles. The Morgan fingerprint density at radius 3 is 2.93 bits per heavy atom. The van der Waals surface area contributed by atoms with Crippen molar-refractivity contribution in [3.05, 3.63) is 69.6 Å². The average Bonchev–Trinajstić information content (AvgIpc) is 3.11. The van der Waals surface area contributed by atoms with Gasteiger partial charge in [0.15, 0.2) is 11.3 Å². The maximum absolute atomic E-state index is 12.5. The molecule has 0 radical (unpaired) electrons. The Kier molecular flexibility index (Phi) is 4.98. The maximum atomic E-state index is 12.5.